The molecule has 0 heterocycles. The van der Waals surface area contributed by atoms with Gasteiger partial charge in [0.1, 0.15) is 5.75 Å². The number of hydrogen-bond acceptors (Lipinski definition) is 1. The Morgan fingerprint density at radius 2 is 1.77 bits per heavy atom. The highest BCUT2D eigenvalue weighted by Crippen LogP contribution is 2.32. The van der Waals surface area contributed by atoms with E-state index >= 15 is 0 Å². The van der Waals surface area contributed by atoms with Crippen molar-refractivity contribution < 1.29 is 17.9 Å². The molecule has 0 saturated heterocycles. The van der Waals surface area contributed by atoms with Crippen molar-refractivity contribution in [2.75, 3.05) is 0 Å². The maximum Gasteiger partial charge on any atom is 0.573 e. The number of halogens is 5. The lowest BCUT2D eigenvalue weighted by Gasteiger charge is -2.10. The van der Waals surface area contributed by atoms with Crippen LogP contribution in [-0.2, 0) is 0 Å². The molecule has 0 amide bonds. The molecule has 1 aromatic carbocycles. The highest BCUT2D eigenvalue weighted by Gasteiger charge is 2.31. The van der Waals surface area contributed by atoms with E-state index in [1.165, 1.54) is 18.2 Å². The lowest BCUT2D eigenvalue weighted by Crippen LogP contribution is -2.17. The molecular formula is C7H3Br2F3O. The highest BCUT2D eigenvalue weighted by molar-refractivity contribution is 9.11. The number of alkyl halides is 3. The SMILES string of the molecule is FC(F)(F)Oc1ccc(Br)cc1Br. The van der Waals surface area contributed by atoms with Crippen molar-refractivity contribution in [3.63, 3.8) is 0 Å². The molecular weight excluding hydrogens is 317 g/mol. The first-order chi connectivity index (χ1) is 5.88. The second-order valence-electron chi connectivity index (χ2n) is 2.12. The van der Waals surface area contributed by atoms with E-state index in [0.29, 0.717) is 4.47 Å². The minimum atomic E-state index is -4.66. The van der Waals surface area contributed by atoms with Crippen LogP contribution in [0.15, 0.2) is 27.1 Å². The summed E-state index contributed by atoms with van der Waals surface area (Å²) < 4.78 is 39.9. The summed E-state index contributed by atoms with van der Waals surface area (Å²) in [5, 5.41) is 0. The molecule has 0 aromatic heterocycles. The van der Waals surface area contributed by atoms with Gasteiger partial charge in [0.05, 0.1) is 4.47 Å². The van der Waals surface area contributed by atoms with Gasteiger partial charge in [-0.2, -0.15) is 0 Å². The van der Waals surface area contributed by atoms with E-state index in [1.54, 1.807) is 0 Å². The van der Waals surface area contributed by atoms with Crippen LogP contribution < -0.4 is 4.74 Å². The highest BCUT2D eigenvalue weighted by atomic mass is 79.9. The van der Waals surface area contributed by atoms with Crippen LogP contribution in [0, 0.1) is 0 Å². The minimum Gasteiger partial charge on any atom is -0.405 e. The van der Waals surface area contributed by atoms with E-state index in [4.69, 9.17) is 0 Å². The Hall–Kier alpha value is -0.230. The summed E-state index contributed by atoms with van der Waals surface area (Å²) >= 11 is 6.05. The average molecular weight is 320 g/mol. The Balaban J connectivity index is 2.90. The molecule has 0 bridgehead atoms. The molecule has 0 aliphatic heterocycles. The van der Waals surface area contributed by atoms with E-state index in [-0.39, 0.29) is 10.2 Å². The topological polar surface area (TPSA) is 9.23 Å². The Labute approximate surface area is 89.1 Å². The summed E-state index contributed by atoms with van der Waals surface area (Å²) in [6, 6.07) is 4.16. The van der Waals surface area contributed by atoms with E-state index < -0.39 is 6.36 Å². The molecule has 6 heteroatoms. The normalized spacial score (nSPS) is 11.5. The molecule has 1 nitrogen and oxygen atoms in total. The van der Waals surface area contributed by atoms with Gasteiger partial charge in [0.15, 0.2) is 0 Å². The molecule has 1 aromatic rings. The van der Waals surface area contributed by atoms with Crippen LogP contribution in [0.1, 0.15) is 0 Å². The summed E-state index contributed by atoms with van der Waals surface area (Å²) in [5.74, 6) is -0.254. The predicted octanol–water partition coefficient (Wildman–Crippen LogP) is 4.11. The van der Waals surface area contributed by atoms with Crippen molar-refractivity contribution in [1.29, 1.82) is 0 Å². The van der Waals surface area contributed by atoms with Crippen molar-refractivity contribution in [2.45, 2.75) is 6.36 Å². The van der Waals surface area contributed by atoms with Gasteiger partial charge in [0.25, 0.3) is 0 Å². The molecule has 0 atom stereocenters. The lowest BCUT2D eigenvalue weighted by molar-refractivity contribution is -0.274. The molecule has 0 fully saturated rings. The summed E-state index contributed by atoms with van der Waals surface area (Å²) in [7, 11) is 0. The molecule has 13 heavy (non-hydrogen) atoms. The van der Waals surface area contributed by atoms with Gasteiger partial charge >= 0.3 is 6.36 Å². The maximum absolute atomic E-state index is 11.8. The van der Waals surface area contributed by atoms with Crippen molar-refractivity contribution >= 4 is 31.9 Å². The van der Waals surface area contributed by atoms with Crippen molar-refractivity contribution in [3.8, 4) is 5.75 Å². The maximum atomic E-state index is 11.8. The van der Waals surface area contributed by atoms with Gasteiger partial charge in [-0.05, 0) is 34.1 Å². The van der Waals surface area contributed by atoms with Crippen LogP contribution in [0.25, 0.3) is 0 Å². The molecule has 0 aliphatic carbocycles. The third-order valence-electron chi connectivity index (χ3n) is 1.12. The smallest absolute Gasteiger partial charge is 0.405 e. The van der Waals surface area contributed by atoms with E-state index in [1.807, 2.05) is 0 Å². The molecule has 0 radical (unpaired) electrons. The van der Waals surface area contributed by atoms with Gasteiger partial charge in [-0.25, -0.2) is 0 Å². The Morgan fingerprint density at radius 3 is 2.23 bits per heavy atom. The Kier molecular flexibility index (Phi) is 3.23. The molecule has 0 aliphatic rings. The second-order valence-corrected chi connectivity index (χ2v) is 3.89. The summed E-state index contributed by atoms with van der Waals surface area (Å²) in [5.41, 5.74) is 0. The van der Waals surface area contributed by atoms with Crippen LogP contribution in [0.4, 0.5) is 13.2 Å². The lowest BCUT2D eigenvalue weighted by atomic mass is 10.3. The summed E-state index contributed by atoms with van der Waals surface area (Å²) in [6.07, 6.45) is -4.66. The zero-order valence-electron chi connectivity index (χ0n) is 6.03. The van der Waals surface area contributed by atoms with Crippen LogP contribution in [-0.4, -0.2) is 6.36 Å². The minimum absolute atomic E-state index is 0.249. The third kappa shape index (κ3) is 3.56. The molecule has 1 rings (SSSR count). The van der Waals surface area contributed by atoms with Crippen LogP contribution in [0.2, 0.25) is 0 Å². The van der Waals surface area contributed by atoms with Gasteiger partial charge in [-0.15, -0.1) is 13.2 Å². The van der Waals surface area contributed by atoms with E-state index in [9.17, 15) is 13.2 Å². The van der Waals surface area contributed by atoms with Crippen LogP contribution >= 0.6 is 31.9 Å². The van der Waals surface area contributed by atoms with Crippen molar-refractivity contribution in [3.05, 3.63) is 27.1 Å². The standard InChI is InChI=1S/C7H3Br2F3O/c8-4-1-2-6(5(9)3-4)13-7(10,11)12/h1-3H. The fourth-order valence-electron chi connectivity index (χ4n) is 0.683. The molecule has 72 valence electrons. The molecule has 0 spiro atoms. The zero-order valence-corrected chi connectivity index (χ0v) is 9.20. The number of benzene rings is 1. The predicted molar refractivity (Wildman–Crippen MR) is 48.5 cm³/mol. The van der Waals surface area contributed by atoms with Crippen LogP contribution in [0.3, 0.4) is 0 Å². The Morgan fingerprint density at radius 1 is 1.15 bits per heavy atom. The number of hydrogen-bond donors (Lipinski definition) is 0. The van der Waals surface area contributed by atoms with Gasteiger partial charge in [0.2, 0.25) is 0 Å². The third-order valence-corrected chi connectivity index (χ3v) is 2.23. The summed E-state index contributed by atoms with van der Waals surface area (Å²) in [4.78, 5) is 0. The van der Waals surface area contributed by atoms with Gasteiger partial charge in [-0.1, -0.05) is 15.9 Å². The van der Waals surface area contributed by atoms with Crippen LogP contribution in [0.5, 0.6) is 5.75 Å². The zero-order chi connectivity index (χ0) is 10.1. The number of ether oxygens (including phenoxy) is 1. The van der Waals surface area contributed by atoms with E-state index in [0.717, 1.165) is 0 Å². The molecule has 0 unspecified atom stereocenters. The first-order valence-corrected chi connectivity index (χ1v) is 4.68. The van der Waals surface area contributed by atoms with Crippen molar-refractivity contribution in [2.24, 2.45) is 0 Å². The number of rotatable bonds is 1. The largest absolute Gasteiger partial charge is 0.573 e. The first kappa shape index (κ1) is 10.8. The van der Waals surface area contributed by atoms with Gasteiger partial charge in [0, 0.05) is 4.47 Å². The van der Waals surface area contributed by atoms with Gasteiger partial charge < -0.3 is 4.74 Å². The van der Waals surface area contributed by atoms with Crippen molar-refractivity contribution in [1.82, 2.24) is 0 Å². The quantitative estimate of drug-likeness (QED) is 0.757. The fraction of sp³-hybridized carbons (Fsp3) is 0.143. The fourth-order valence-corrected chi connectivity index (χ4v) is 1.81. The van der Waals surface area contributed by atoms with Gasteiger partial charge in [-0.3, -0.25) is 0 Å². The average Bonchev–Trinajstić information content (AvgIpc) is 1.93. The first-order valence-electron chi connectivity index (χ1n) is 3.09. The Bertz CT molecular complexity index is 311. The second kappa shape index (κ2) is 3.88. The molecule has 0 N–H and O–H groups in total. The summed E-state index contributed by atoms with van der Waals surface area (Å²) in [6.45, 7) is 0. The monoisotopic (exact) mass is 318 g/mol. The van der Waals surface area contributed by atoms with E-state index in [2.05, 4.69) is 36.6 Å². The molecule has 0 saturated carbocycles.